The molecule has 0 aromatic heterocycles. The van der Waals surface area contributed by atoms with Gasteiger partial charge in [0.25, 0.3) is 0 Å². The molecule has 2 nitrogen and oxygen atoms in total. The molecular formula is C9H19ClN2. The van der Waals surface area contributed by atoms with Crippen LogP contribution in [0, 0.1) is 5.41 Å². The fraction of sp³-hybridized carbons (Fsp3) is 1.00. The lowest BCUT2D eigenvalue weighted by Crippen LogP contribution is -2.31. The van der Waals surface area contributed by atoms with E-state index in [4.69, 9.17) is 11.6 Å². The Labute approximate surface area is 80.3 Å². The zero-order valence-corrected chi connectivity index (χ0v) is 8.82. The summed E-state index contributed by atoms with van der Waals surface area (Å²) in [7, 11) is 4.19. The summed E-state index contributed by atoms with van der Waals surface area (Å²) in [6.07, 6.45) is 2.62. The zero-order valence-electron chi connectivity index (χ0n) is 8.07. The van der Waals surface area contributed by atoms with Gasteiger partial charge in [0.1, 0.15) is 0 Å². The van der Waals surface area contributed by atoms with E-state index >= 15 is 0 Å². The molecule has 0 amide bonds. The second-order valence-electron chi connectivity index (χ2n) is 4.11. The molecule has 0 heterocycles. The number of alkyl halides is 1. The minimum Gasteiger partial charge on any atom is -0.315 e. The smallest absolute Gasteiger partial charge is 0.0292 e. The molecule has 0 atom stereocenters. The van der Waals surface area contributed by atoms with Crippen molar-refractivity contribution in [1.29, 1.82) is 0 Å². The SMILES string of the molecule is CN(C)CCNCC1(CCl)CC1. The molecule has 3 heteroatoms. The molecule has 1 aliphatic carbocycles. The van der Waals surface area contributed by atoms with Gasteiger partial charge in [0.15, 0.2) is 0 Å². The van der Waals surface area contributed by atoms with Gasteiger partial charge in [-0.25, -0.2) is 0 Å². The maximum atomic E-state index is 5.85. The van der Waals surface area contributed by atoms with Gasteiger partial charge in [-0.05, 0) is 32.4 Å². The minimum atomic E-state index is 0.466. The van der Waals surface area contributed by atoms with Crippen LogP contribution in [0.2, 0.25) is 0 Å². The maximum Gasteiger partial charge on any atom is 0.0292 e. The highest BCUT2D eigenvalue weighted by atomic mass is 35.5. The molecule has 0 unspecified atom stereocenters. The molecule has 1 fully saturated rings. The van der Waals surface area contributed by atoms with E-state index in [-0.39, 0.29) is 0 Å². The van der Waals surface area contributed by atoms with Crippen molar-refractivity contribution in [3.05, 3.63) is 0 Å². The number of halogens is 1. The first kappa shape index (κ1) is 10.3. The van der Waals surface area contributed by atoms with Crippen LogP contribution in [0.3, 0.4) is 0 Å². The molecule has 1 saturated carbocycles. The fourth-order valence-electron chi connectivity index (χ4n) is 1.19. The second kappa shape index (κ2) is 4.45. The summed E-state index contributed by atoms with van der Waals surface area (Å²) < 4.78 is 0. The molecule has 0 radical (unpaired) electrons. The van der Waals surface area contributed by atoms with Crippen LogP contribution >= 0.6 is 11.6 Å². The van der Waals surface area contributed by atoms with Crippen molar-refractivity contribution >= 4 is 11.6 Å². The lowest BCUT2D eigenvalue weighted by atomic mass is 10.1. The van der Waals surface area contributed by atoms with Crippen molar-refractivity contribution in [3.63, 3.8) is 0 Å². The van der Waals surface area contributed by atoms with E-state index in [1.54, 1.807) is 0 Å². The number of rotatable bonds is 6. The van der Waals surface area contributed by atoms with Crippen molar-refractivity contribution in [2.24, 2.45) is 5.41 Å². The Bertz CT molecular complexity index is 132. The Morgan fingerprint density at radius 2 is 2.08 bits per heavy atom. The highest BCUT2D eigenvalue weighted by molar-refractivity contribution is 6.18. The Morgan fingerprint density at radius 1 is 1.42 bits per heavy atom. The Kier molecular flexibility index (Phi) is 3.81. The van der Waals surface area contributed by atoms with Gasteiger partial charge in [-0.2, -0.15) is 0 Å². The summed E-state index contributed by atoms with van der Waals surface area (Å²) >= 11 is 5.85. The van der Waals surface area contributed by atoms with E-state index < -0.39 is 0 Å². The van der Waals surface area contributed by atoms with Crippen LogP contribution in [0.1, 0.15) is 12.8 Å². The predicted molar refractivity (Wildman–Crippen MR) is 53.8 cm³/mol. The van der Waals surface area contributed by atoms with Crippen LogP contribution in [0.5, 0.6) is 0 Å². The molecule has 0 aromatic rings. The first-order chi connectivity index (χ1) is 5.68. The average molecular weight is 191 g/mol. The molecule has 0 saturated heterocycles. The number of nitrogens with one attached hydrogen (secondary N) is 1. The van der Waals surface area contributed by atoms with Crippen molar-refractivity contribution in [3.8, 4) is 0 Å². The number of nitrogens with zero attached hydrogens (tertiary/aromatic N) is 1. The summed E-state index contributed by atoms with van der Waals surface area (Å²) in [6.45, 7) is 3.29. The van der Waals surface area contributed by atoms with E-state index in [2.05, 4.69) is 24.3 Å². The monoisotopic (exact) mass is 190 g/mol. The van der Waals surface area contributed by atoms with E-state index in [9.17, 15) is 0 Å². The van der Waals surface area contributed by atoms with Crippen LogP contribution < -0.4 is 5.32 Å². The standard InChI is InChI=1S/C9H19ClN2/c1-12(2)6-5-11-8-9(7-10)3-4-9/h11H,3-8H2,1-2H3. The number of hydrogen-bond donors (Lipinski definition) is 1. The number of hydrogen-bond acceptors (Lipinski definition) is 2. The van der Waals surface area contributed by atoms with E-state index in [1.807, 2.05) is 0 Å². The van der Waals surface area contributed by atoms with Crippen LogP contribution in [0.25, 0.3) is 0 Å². The van der Waals surface area contributed by atoms with Gasteiger partial charge >= 0.3 is 0 Å². The lowest BCUT2D eigenvalue weighted by molar-refractivity contribution is 0.387. The number of likely N-dealkylation sites (N-methyl/N-ethyl adjacent to an activating group) is 1. The molecule has 1 aliphatic rings. The topological polar surface area (TPSA) is 15.3 Å². The third-order valence-corrected chi connectivity index (χ3v) is 3.04. The van der Waals surface area contributed by atoms with Crippen LogP contribution in [0.15, 0.2) is 0 Å². The minimum absolute atomic E-state index is 0.466. The van der Waals surface area contributed by atoms with Gasteiger partial charge in [0.2, 0.25) is 0 Å². The van der Waals surface area contributed by atoms with E-state index in [0.29, 0.717) is 5.41 Å². The largest absolute Gasteiger partial charge is 0.315 e. The van der Waals surface area contributed by atoms with Gasteiger partial charge in [-0.3, -0.25) is 0 Å². The van der Waals surface area contributed by atoms with Crippen molar-refractivity contribution < 1.29 is 0 Å². The molecule has 1 rings (SSSR count). The van der Waals surface area contributed by atoms with Crippen LogP contribution in [-0.2, 0) is 0 Å². The highest BCUT2D eigenvalue weighted by Gasteiger charge is 2.40. The van der Waals surface area contributed by atoms with Crippen molar-refractivity contribution in [2.75, 3.05) is 39.6 Å². The molecule has 0 bridgehead atoms. The summed E-state index contributed by atoms with van der Waals surface area (Å²) in [5.41, 5.74) is 0.466. The zero-order chi connectivity index (χ0) is 9.03. The Hall–Kier alpha value is 0.210. The fourth-order valence-corrected chi connectivity index (χ4v) is 1.55. The van der Waals surface area contributed by atoms with Gasteiger partial charge in [0.05, 0.1) is 0 Å². The van der Waals surface area contributed by atoms with Gasteiger partial charge < -0.3 is 10.2 Å². The highest BCUT2D eigenvalue weighted by Crippen LogP contribution is 2.45. The Balaban J connectivity index is 1.95. The lowest BCUT2D eigenvalue weighted by Gasteiger charge is -2.14. The summed E-state index contributed by atoms with van der Waals surface area (Å²) in [5.74, 6) is 0.821. The molecule has 0 aromatic carbocycles. The van der Waals surface area contributed by atoms with Crippen molar-refractivity contribution in [1.82, 2.24) is 10.2 Å². The average Bonchev–Trinajstić information content (AvgIpc) is 2.79. The predicted octanol–water partition coefficient (Wildman–Crippen LogP) is 1.16. The third-order valence-electron chi connectivity index (χ3n) is 2.48. The molecular weight excluding hydrogens is 172 g/mol. The third kappa shape index (κ3) is 3.30. The van der Waals surface area contributed by atoms with Crippen LogP contribution in [0.4, 0.5) is 0 Å². The summed E-state index contributed by atoms with van der Waals surface area (Å²) in [4.78, 5) is 2.19. The summed E-state index contributed by atoms with van der Waals surface area (Å²) in [6, 6.07) is 0. The first-order valence-electron chi connectivity index (χ1n) is 4.60. The first-order valence-corrected chi connectivity index (χ1v) is 5.13. The van der Waals surface area contributed by atoms with Crippen LogP contribution in [-0.4, -0.2) is 44.5 Å². The second-order valence-corrected chi connectivity index (χ2v) is 4.38. The molecule has 0 spiro atoms. The van der Waals surface area contributed by atoms with Gasteiger partial charge in [-0.15, -0.1) is 11.6 Å². The van der Waals surface area contributed by atoms with E-state index in [1.165, 1.54) is 12.8 Å². The Morgan fingerprint density at radius 3 is 2.50 bits per heavy atom. The maximum absolute atomic E-state index is 5.85. The summed E-state index contributed by atoms with van der Waals surface area (Å²) in [5, 5.41) is 3.44. The molecule has 72 valence electrons. The molecule has 1 N–H and O–H groups in total. The van der Waals surface area contributed by atoms with E-state index in [0.717, 1.165) is 25.5 Å². The van der Waals surface area contributed by atoms with Crippen molar-refractivity contribution in [2.45, 2.75) is 12.8 Å². The van der Waals surface area contributed by atoms with Gasteiger partial charge in [0, 0.05) is 25.5 Å². The normalized spacial score (nSPS) is 20.0. The molecule has 0 aliphatic heterocycles. The van der Waals surface area contributed by atoms with Gasteiger partial charge in [-0.1, -0.05) is 0 Å². The quantitative estimate of drug-likeness (QED) is 0.500. The molecule has 12 heavy (non-hydrogen) atoms.